The molecular weight excluding hydrogens is 711 g/mol. The summed E-state index contributed by atoms with van der Waals surface area (Å²) >= 11 is 0. The van der Waals surface area contributed by atoms with Gasteiger partial charge in [-0.1, -0.05) is 90.9 Å². The Morgan fingerprint density at radius 3 is 2.48 bits per heavy atom. The molecule has 0 radical (unpaired) electrons. The molecule has 4 aromatic carbocycles. The Hall–Kier alpha value is -3.83. The molecule has 0 saturated carbocycles. The summed E-state index contributed by atoms with van der Waals surface area (Å²) in [6.45, 7) is 4.78. The Bertz CT molecular complexity index is 2160. The van der Waals surface area contributed by atoms with Crippen LogP contribution in [0.25, 0.3) is 49.9 Å². The predicted molar refractivity (Wildman–Crippen MR) is 170 cm³/mol. The molecule has 7 rings (SSSR count). The minimum atomic E-state index is -2.16. The summed E-state index contributed by atoms with van der Waals surface area (Å²) < 4.78 is 47.9. The van der Waals surface area contributed by atoms with Gasteiger partial charge in [-0.05, 0) is 31.1 Å². The third kappa shape index (κ3) is 5.63. The number of imidazole rings is 1. The first-order valence-corrected chi connectivity index (χ1v) is 17.0. The first-order chi connectivity index (χ1) is 21.7. The van der Waals surface area contributed by atoms with Crippen LogP contribution >= 0.6 is 0 Å². The Morgan fingerprint density at radius 1 is 0.976 bits per heavy atom. The number of pyridine rings is 1. The van der Waals surface area contributed by atoms with Crippen molar-refractivity contribution in [2.75, 3.05) is 0 Å². The molecule has 0 N–H and O–H groups in total. The van der Waals surface area contributed by atoms with Crippen LogP contribution in [0.4, 0.5) is 0 Å². The molecule has 0 amide bonds. The zero-order chi connectivity index (χ0) is 32.9. The molecule has 0 aliphatic carbocycles. The molecule has 7 aromatic rings. The number of hydrogen-bond acceptors (Lipinski definition) is 2. The van der Waals surface area contributed by atoms with Crippen molar-refractivity contribution in [2.24, 2.45) is 0 Å². The fraction of sp³-hybridized carbons (Fsp3) is 0.167. The van der Waals surface area contributed by atoms with Gasteiger partial charge < -0.3 is 18.5 Å². The fourth-order valence-electron chi connectivity index (χ4n) is 5.02. The second-order valence-electron chi connectivity index (χ2n) is 10.8. The molecule has 6 heteroatoms. The van der Waals surface area contributed by atoms with Gasteiger partial charge in [-0.3, -0.25) is 0 Å². The smallest absolute Gasteiger partial charge is 0.501 e. The number of benzene rings is 4. The van der Waals surface area contributed by atoms with Gasteiger partial charge in [0.1, 0.15) is 5.58 Å². The molecular formula is C36H33IrN3OSi+. The fourth-order valence-corrected chi connectivity index (χ4v) is 6.52. The maximum absolute atomic E-state index is 7.91. The van der Waals surface area contributed by atoms with Crippen LogP contribution < -0.4 is 9.75 Å². The van der Waals surface area contributed by atoms with Gasteiger partial charge in [-0.15, -0.1) is 17.3 Å². The summed E-state index contributed by atoms with van der Waals surface area (Å²) in [5, 5.41) is 3.52. The summed E-state index contributed by atoms with van der Waals surface area (Å²) in [6.07, 6.45) is 4.49. The van der Waals surface area contributed by atoms with Crippen LogP contribution in [0.1, 0.15) is 19.3 Å². The van der Waals surface area contributed by atoms with Crippen LogP contribution in [-0.2, 0) is 26.6 Å². The van der Waals surface area contributed by atoms with E-state index in [1.165, 1.54) is 22.9 Å². The molecule has 0 fully saturated rings. The molecule has 0 aliphatic heterocycles. The summed E-state index contributed by atoms with van der Waals surface area (Å²) in [5.41, 5.74) is 5.84. The van der Waals surface area contributed by atoms with Gasteiger partial charge in [0.15, 0.2) is 0 Å². The van der Waals surface area contributed by atoms with Crippen molar-refractivity contribution in [2.45, 2.75) is 39.9 Å². The average molecular weight is 749 g/mol. The van der Waals surface area contributed by atoms with E-state index in [4.69, 9.17) is 11.3 Å². The number of aryl methyl sites for hydroxylation is 2. The van der Waals surface area contributed by atoms with Crippen LogP contribution in [0.3, 0.4) is 0 Å². The van der Waals surface area contributed by atoms with Crippen molar-refractivity contribution in [3.63, 3.8) is 0 Å². The van der Waals surface area contributed by atoms with Gasteiger partial charge in [0.05, 0.1) is 25.9 Å². The second-order valence-corrected chi connectivity index (χ2v) is 15.8. The number of furan rings is 1. The first-order valence-electron chi connectivity index (χ1n) is 16.0. The molecule has 0 unspecified atom stereocenters. The quantitative estimate of drug-likeness (QED) is 0.105. The molecule has 0 aliphatic rings. The number of rotatable bonds is 4. The number of nitrogens with zero attached hydrogens (tertiary/aromatic N) is 3. The number of hydrogen-bond donors (Lipinski definition) is 0. The van der Waals surface area contributed by atoms with Crippen molar-refractivity contribution in [3.05, 3.63) is 121 Å². The van der Waals surface area contributed by atoms with Crippen LogP contribution in [0, 0.1) is 25.3 Å². The molecule has 0 spiro atoms. The normalized spacial score (nSPS) is 13.8. The van der Waals surface area contributed by atoms with Crippen molar-refractivity contribution in [1.29, 1.82) is 0 Å². The molecule has 210 valence electrons. The summed E-state index contributed by atoms with van der Waals surface area (Å²) in [7, 11) is -1.62. The van der Waals surface area contributed by atoms with E-state index in [0.717, 1.165) is 44.2 Å². The Kier molecular flexibility index (Phi) is 6.87. The van der Waals surface area contributed by atoms with E-state index in [9.17, 15) is 0 Å². The predicted octanol–water partition coefficient (Wildman–Crippen LogP) is 7.84. The molecule has 42 heavy (non-hydrogen) atoms. The largest absolute Gasteiger partial charge is 3.00 e. The Balaban J connectivity index is 0.000000191. The standard InChI is InChI=1S/C21H20NOSi.C15H13N2.Ir/c1-14-9-11-17(22-13-14)15-10-12-19(24(2,3)4)20-16-7-5-6-8-18(16)23-21(15)20;1-2-16-12-17(13-8-4-3-5-9-13)15-11-7-6-10-14(15)16;/h5-9,11-13H,1-4H3;3-8,10-11H,2H2,1H3;/q2*-1;+3/i1D3;2D2;. The van der Waals surface area contributed by atoms with Crippen molar-refractivity contribution in [3.8, 4) is 16.9 Å². The van der Waals surface area contributed by atoms with Crippen molar-refractivity contribution >= 4 is 46.2 Å². The number of para-hydroxylation sites is 4. The van der Waals surface area contributed by atoms with Gasteiger partial charge in [0.2, 0.25) is 6.33 Å². The third-order valence-corrected chi connectivity index (χ3v) is 9.01. The monoisotopic (exact) mass is 749 g/mol. The summed E-state index contributed by atoms with van der Waals surface area (Å²) in [5.74, 6) is 0. The minimum Gasteiger partial charge on any atom is -0.501 e. The molecule has 4 nitrogen and oxygen atoms in total. The van der Waals surface area contributed by atoms with Crippen LogP contribution in [-0.4, -0.2) is 17.6 Å². The Labute approximate surface area is 269 Å². The van der Waals surface area contributed by atoms with Crippen molar-refractivity contribution < 1.29 is 35.9 Å². The zero-order valence-electron chi connectivity index (χ0n) is 28.8. The van der Waals surface area contributed by atoms with Gasteiger partial charge >= 0.3 is 20.1 Å². The van der Waals surface area contributed by atoms with E-state index in [1.807, 2.05) is 71.3 Å². The van der Waals surface area contributed by atoms with Gasteiger partial charge in [-0.2, -0.15) is 30.3 Å². The Morgan fingerprint density at radius 2 is 1.76 bits per heavy atom. The van der Waals surface area contributed by atoms with E-state index < -0.39 is 21.4 Å². The van der Waals surface area contributed by atoms with E-state index in [0.29, 0.717) is 5.69 Å². The zero-order valence-corrected chi connectivity index (χ0v) is 27.2. The van der Waals surface area contributed by atoms with Gasteiger partial charge in [-0.25, -0.2) is 0 Å². The molecule has 0 bridgehead atoms. The topological polar surface area (TPSA) is 34.8 Å². The third-order valence-electron chi connectivity index (χ3n) is 7.00. The van der Waals surface area contributed by atoms with E-state index in [-0.39, 0.29) is 25.7 Å². The van der Waals surface area contributed by atoms with E-state index >= 15 is 0 Å². The summed E-state index contributed by atoms with van der Waals surface area (Å²) in [6, 6.07) is 35.2. The SMILES string of the molecule is [2H]C([2H])(C)[n+]1[c-]n(-c2[c-]cccc2)c2ccccc21.[2H]C([2H])([2H])c1ccc(-c2[c-]cc([Si](C)(C)C)c3c2oc2ccccc23)nc1.[Ir+3]. The minimum absolute atomic E-state index is 0. The summed E-state index contributed by atoms with van der Waals surface area (Å²) in [4.78, 5) is 4.39. The van der Waals surface area contributed by atoms with Gasteiger partial charge in [0.25, 0.3) is 0 Å². The van der Waals surface area contributed by atoms with Crippen LogP contribution in [0.5, 0.6) is 0 Å². The number of fused-ring (bicyclic) bond motifs is 4. The maximum Gasteiger partial charge on any atom is 3.00 e. The molecule has 0 saturated heterocycles. The first kappa shape index (κ1) is 23.7. The molecule has 0 atom stereocenters. The van der Waals surface area contributed by atoms with E-state index in [2.05, 4.69) is 55.2 Å². The van der Waals surface area contributed by atoms with Crippen LogP contribution in [0.2, 0.25) is 19.6 Å². The second kappa shape index (κ2) is 12.2. The number of aromatic nitrogens is 3. The van der Waals surface area contributed by atoms with E-state index in [1.54, 1.807) is 12.1 Å². The molecule has 3 aromatic heterocycles. The van der Waals surface area contributed by atoms with Crippen LogP contribution in [0.15, 0.2) is 102 Å². The average Bonchev–Trinajstić information content (AvgIpc) is 3.60. The van der Waals surface area contributed by atoms with Gasteiger partial charge in [0, 0.05) is 23.8 Å². The maximum atomic E-state index is 7.91. The van der Waals surface area contributed by atoms with Crippen molar-refractivity contribution in [1.82, 2.24) is 9.55 Å². The molecule has 3 heterocycles.